The van der Waals surface area contributed by atoms with Gasteiger partial charge >= 0.3 is 0 Å². The molecule has 0 aromatic rings. The van der Waals surface area contributed by atoms with E-state index >= 15 is 0 Å². The molecule has 74 valence electrons. The van der Waals surface area contributed by atoms with Crippen molar-refractivity contribution in [2.24, 2.45) is 0 Å². The fraction of sp³-hybridized carbons (Fsp3) is 0.889. The van der Waals surface area contributed by atoms with Gasteiger partial charge in [0.15, 0.2) is 0 Å². The van der Waals surface area contributed by atoms with Gasteiger partial charge in [-0.2, -0.15) is 0 Å². The van der Waals surface area contributed by atoms with E-state index in [2.05, 4.69) is 10.6 Å². The highest BCUT2D eigenvalue weighted by Gasteiger charge is 2.00. The highest BCUT2D eigenvalue weighted by Crippen LogP contribution is 1.86. The van der Waals surface area contributed by atoms with E-state index < -0.39 is 0 Å². The standard InChI is InChI=1S/C7H16N2O.C2H6/c1-6(4-5-8-3)9-7(2)10;1-2/h6,8H,4-5H2,1-3H3,(H,9,10);1-2H3. The Morgan fingerprint density at radius 2 is 1.92 bits per heavy atom. The number of carbonyl (C=O) groups is 1. The van der Waals surface area contributed by atoms with Crippen molar-refractivity contribution in [2.75, 3.05) is 13.6 Å². The smallest absolute Gasteiger partial charge is 0.217 e. The van der Waals surface area contributed by atoms with E-state index in [1.165, 1.54) is 6.92 Å². The minimum absolute atomic E-state index is 0.0450. The van der Waals surface area contributed by atoms with Crippen LogP contribution < -0.4 is 10.6 Å². The molecule has 0 rings (SSSR count). The molecule has 0 aromatic heterocycles. The van der Waals surface area contributed by atoms with Crippen molar-refractivity contribution < 1.29 is 4.79 Å². The molecule has 0 radical (unpaired) electrons. The van der Waals surface area contributed by atoms with Gasteiger partial charge in [-0.25, -0.2) is 0 Å². The van der Waals surface area contributed by atoms with Crippen LogP contribution in [0, 0.1) is 0 Å². The lowest BCUT2D eigenvalue weighted by Crippen LogP contribution is -2.32. The van der Waals surface area contributed by atoms with E-state index in [1.807, 2.05) is 27.8 Å². The molecule has 0 saturated carbocycles. The molecule has 2 N–H and O–H groups in total. The van der Waals surface area contributed by atoms with Crippen LogP contribution in [0.4, 0.5) is 0 Å². The van der Waals surface area contributed by atoms with Gasteiger partial charge in [0.25, 0.3) is 0 Å². The molecule has 0 heterocycles. The second-order valence-corrected chi connectivity index (χ2v) is 2.49. The number of hydrogen-bond acceptors (Lipinski definition) is 2. The molecule has 0 saturated heterocycles. The zero-order valence-electron chi connectivity index (χ0n) is 8.90. The first-order valence-electron chi connectivity index (χ1n) is 4.58. The van der Waals surface area contributed by atoms with Gasteiger partial charge in [-0.3, -0.25) is 4.79 Å². The summed E-state index contributed by atoms with van der Waals surface area (Å²) < 4.78 is 0. The van der Waals surface area contributed by atoms with E-state index in [9.17, 15) is 4.79 Å². The third-order valence-corrected chi connectivity index (χ3v) is 1.28. The zero-order valence-corrected chi connectivity index (χ0v) is 8.90. The first-order valence-corrected chi connectivity index (χ1v) is 4.58. The van der Waals surface area contributed by atoms with Crippen molar-refractivity contribution in [1.82, 2.24) is 10.6 Å². The Kier molecular flexibility index (Phi) is 12.2. The summed E-state index contributed by atoms with van der Waals surface area (Å²) in [5.41, 5.74) is 0. The Balaban J connectivity index is 0. The summed E-state index contributed by atoms with van der Waals surface area (Å²) in [6, 6.07) is 0.282. The summed E-state index contributed by atoms with van der Waals surface area (Å²) in [4.78, 5) is 10.5. The average Bonchev–Trinajstić information content (AvgIpc) is 2.03. The van der Waals surface area contributed by atoms with Crippen molar-refractivity contribution >= 4 is 5.91 Å². The second-order valence-electron chi connectivity index (χ2n) is 2.49. The van der Waals surface area contributed by atoms with Gasteiger partial charge in [-0.1, -0.05) is 13.8 Å². The number of amides is 1. The third kappa shape index (κ3) is 12.1. The molecular formula is C9H22N2O. The molecule has 1 unspecified atom stereocenters. The largest absolute Gasteiger partial charge is 0.354 e. The van der Waals surface area contributed by atoms with Crippen LogP contribution in [0.3, 0.4) is 0 Å². The summed E-state index contributed by atoms with van der Waals surface area (Å²) in [6.07, 6.45) is 0.982. The Morgan fingerprint density at radius 1 is 1.42 bits per heavy atom. The van der Waals surface area contributed by atoms with Crippen molar-refractivity contribution in [1.29, 1.82) is 0 Å². The Labute approximate surface area is 75.9 Å². The monoisotopic (exact) mass is 174 g/mol. The molecule has 1 amide bonds. The molecule has 0 spiro atoms. The van der Waals surface area contributed by atoms with Crippen LogP contribution in [-0.4, -0.2) is 25.5 Å². The summed E-state index contributed by atoms with van der Waals surface area (Å²) in [7, 11) is 1.90. The lowest BCUT2D eigenvalue weighted by molar-refractivity contribution is -0.119. The molecule has 1 atom stereocenters. The summed E-state index contributed by atoms with van der Waals surface area (Å²) in [5.74, 6) is 0.0450. The first-order chi connectivity index (χ1) is 5.66. The number of nitrogens with one attached hydrogen (secondary N) is 2. The molecule has 0 bridgehead atoms. The third-order valence-electron chi connectivity index (χ3n) is 1.28. The fourth-order valence-electron chi connectivity index (χ4n) is 0.780. The Morgan fingerprint density at radius 3 is 2.25 bits per heavy atom. The maximum Gasteiger partial charge on any atom is 0.217 e. The van der Waals surface area contributed by atoms with Gasteiger partial charge in [0.2, 0.25) is 5.91 Å². The first kappa shape index (κ1) is 14.0. The van der Waals surface area contributed by atoms with Gasteiger partial charge in [0.05, 0.1) is 0 Å². The normalized spacial score (nSPS) is 11.1. The molecular weight excluding hydrogens is 152 g/mol. The van der Waals surface area contributed by atoms with Crippen LogP contribution in [0.15, 0.2) is 0 Å². The highest BCUT2D eigenvalue weighted by molar-refractivity contribution is 5.73. The number of rotatable bonds is 4. The number of carbonyl (C=O) groups excluding carboxylic acids is 1. The topological polar surface area (TPSA) is 41.1 Å². The van der Waals surface area contributed by atoms with E-state index in [4.69, 9.17) is 0 Å². The molecule has 0 aliphatic rings. The minimum Gasteiger partial charge on any atom is -0.354 e. The molecule has 0 fully saturated rings. The van der Waals surface area contributed by atoms with Crippen molar-refractivity contribution in [3.8, 4) is 0 Å². The predicted octanol–water partition coefficient (Wildman–Crippen LogP) is 1.15. The van der Waals surface area contributed by atoms with Crippen LogP contribution >= 0.6 is 0 Å². The average molecular weight is 174 g/mol. The fourth-order valence-corrected chi connectivity index (χ4v) is 0.780. The Bertz CT molecular complexity index is 105. The quantitative estimate of drug-likeness (QED) is 0.671. The predicted molar refractivity (Wildman–Crippen MR) is 53.2 cm³/mol. The van der Waals surface area contributed by atoms with Crippen LogP contribution in [-0.2, 0) is 4.79 Å². The molecule has 3 nitrogen and oxygen atoms in total. The van der Waals surface area contributed by atoms with E-state index in [-0.39, 0.29) is 11.9 Å². The van der Waals surface area contributed by atoms with Gasteiger partial charge < -0.3 is 10.6 Å². The van der Waals surface area contributed by atoms with Crippen molar-refractivity contribution in [2.45, 2.75) is 40.2 Å². The maximum atomic E-state index is 10.5. The molecule has 12 heavy (non-hydrogen) atoms. The van der Waals surface area contributed by atoms with Crippen LogP contribution in [0.25, 0.3) is 0 Å². The van der Waals surface area contributed by atoms with Crippen LogP contribution in [0.1, 0.15) is 34.1 Å². The second kappa shape index (κ2) is 10.4. The molecule has 0 aliphatic carbocycles. The van der Waals surface area contributed by atoms with Gasteiger partial charge in [0.1, 0.15) is 0 Å². The molecule has 3 heteroatoms. The highest BCUT2D eigenvalue weighted by atomic mass is 16.1. The van der Waals surface area contributed by atoms with Gasteiger partial charge in [0, 0.05) is 13.0 Å². The summed E-state index contributed by atoms with van der Waals surface area (Å²) >= 11 is 0. The minimum atomic E-state index is 0.0450. The molecule has 0 aliphatic heterocycles. The zero-order chi connectivity index (χ0) is 9.98. The van der Waals surface area contributed by atoms with Crippen LogP contribution in [0.5, 0.6) is 0 Å². The van der Waals surface area contributed by atoms with Gasteiger partial charge in [-0.05, 0) is 26.9 Å². The maximum absolute atomic E-state index is 10.5. The summed E-state index contributed by atoms with van der Waals surface area (Å²) in [6.45, 7) is 8.48. The Hall–Kier alpha value is -0.570. The van der Waals surface area contributed by atoms with E-state index in [0.717, 1.165) is 13.0 Å². The van der Waals surface area contributed by atoms with Gasteiger partial charge in [-0.15, -0.1) is 0 Å². The van der Waals surface area contributed by atoms with E-state index in [0.29, 0.717) is 0 Å². The van der Waals surface area contributed by atoms with Crippen molar-refractivity contribution in [3.63, 3.8) is 0 Å². The molecule has 0 aromatic carbocycles. The number of hydrogen-bond donors (Lipinski definition) is 2. The van der Waals surface area contributed by atoms with Crippen LogP contribution in [0.2, 0.25) is 0 Å². The SMILES string of the molecule is CC.CNCCC(C)NC(C)=O. The van der Waals surface area contributed by atoms with Crippen molar-refractivity contribution in [3.05, 3.63) is 0 Å². The lowest BCUT2D eigenvalue weighted by atomic mass is 10.2. The van der Waals surface area contributed by atoms with E-state index in [1.54, 1.807) is 0 Å². The summed E-state index contributed by atoms with van der Waals surface area (Å²) in [5, 5.41) is 5.82. The lowest BCUT2D eigenvalue weighted by Gasteiger charge is -2.10.